The van der Waals surface area contributed by atoms with Crippen molar-refractivity contribution in [2.75, 3.05) is 25.5 Å². The summed E-state index contributed by atoms with van der Waals surface area (Å²) in [6.07, 6.45) is 2.21. The van der Waals surface area contributed by atoms with Gasteiger partial charge in [-0.3, -0.25) is 19.8 Å². The molecule has 3 heterocycles. The van der Waals surface area contributed by atoms with E-state index in [9.17, 15) is 9.59 Å². The van der Waals surface area contributed by atoms with Crippen molar-refractivity contribution in [3.05, 3.63) is 64.6 Å². The molecule has 7 nitrogen and oxygen atoms in total. The minimum absolute atomic E-state index is 0.0713. The molecule has 1 aromatic carbocycles. The number of anilines is 1. The normalized spacial score (nSPS) is 13.8. The maximum Gasteiger partial charge on any atom is 0.293 e. The van der Waals surface area contributed by atoms with E-state index in [1.165, 1.54) is 17.6 Å². The number of nitrogens with zero attached hydrogens (tertiary/aromatic N) is 2. The third kappa shape index (κ3) is 3.97. The van der Waals surface area contributed by atoms with Crippen molar-refractivity contribution in [1.29, 1.82) is 0 Å². The number of nitrogens with one attached hydrogen (secondary N) is 1. The number of rotatable bonds is 6. The fraction of sp³-hybridized carbons (Fsp3) is 0.250. The van der Waals surface area contributed by atoms with Crippen LogP contribution >= 0.6 is 11.3 Å². The van der Waals surface area contributed by atoms with E-state index in [-0.39, 0.29) is 17.5 Å². The number of hydrogen-bond acceptors (Lipinski definition) is 7. The van der Waals surface area contributed by atoms with Crippen molar-refractivity contribution in [3.8, 4) is 5.75 Å². The van der Waals surface area contributed by atoms with Crippen LogP contribution in [-0.4, -0.2) is 41.8 Å². The first kappa shape index (κ1) is 18.4. The second-order valence-electron chi connectivity index (χ2n) is 6.43. The molecule has 0 spiro atoms. The first-order chi connectivity index (χ1) is 13.6. The van der Waals surface area contributed by atoms with E-state index in [1.54, 1.807) is 43.5 Å². The summed E-state index contributed by atoms with van der Waals surface area (Å²) in [5.41, 5.74) is 1.65. The van der Waals surface area contributed by atoms with Gasteiger partial charge in [0.1, 0.15) is 5.75 Å². The molecule has 4 rings (SSSR count). The number of Topliss-reactive ketones (excluding diaryl/α,β-unsaturated/α-hetero) is 1. The van der Waals surface area contributed by atoms with Crippen LogP contribution in [0.25, 0.3) is 0 Å². The molecule has 144 valence electrons. The lowest BCUT2D eigenvalue weighted by Gasteiger charge is -2.25. The van der Waals surface area contributed by atoms with Gasteiger partial charge in [-0.1, -0.05) is 0 Å². The van der Waals surface area contributed by atoms with Crippen LogP contribution in [0, 0.1) is 0 Å². The Hall–Kier alpha value is -2.97. The summed E-state index contributed by atoms with van der Waals surface area (Å²) < 4.78 is 10.2. The van der Waals surface area contributed by atoms with Crippen LogP contribution in [0.5, 0.6) is 5.75 Å². The minimum Gasteiger partial charge on any atom is -0.497 e. The molecular weight excluding hydrogens is 378 g/mol. The SMILES string of the molecule is COc1ccc(C(=O)CN2CCc3nc(NC(=O)c4ccco4)sc3C2)cc1. The summed E-state index contributed by atoms with van der Waals surface area (Å²) in [6.45, 7) is 1.74. The molecule has 0 unspecified atom stereocenters. The molecule has 3 aromatic rings. The average molecular weight is 397 g/mol. The van der Waals surface area contributed by atoms with Crippen molar-refractivity contribution in [2.45, 2.75) is 13.0 Å². The average Bonchev–Trinajstić information content (AvgIpc) is 3.37. The molecular formula is C20H19N3O4S. The first-order valence-corrected chi connectivity index (χ1v) is 9.67. The van der Waals surface area contributed by atoms with Crippen LogP contribution in [-0.2, 0) is 13.0 Å². The maximum atomic E-state index is 12.5. The second-order valence-corrected chi connectivity index (χ2v) is 7.52. The number of carbonyl (C=O) groups excluding carboxylic acids is 2. The van der Waals surface area contributed by atoms with Crippen molar-refractivity contribution in [1.82, 2.24) is 9.88 Å². The van der Waals surface area contributed by atoms with Crippen LogP contribution in [0.1, 0.15) is 31.5 Å². The number of hydrogen-bond donors (Lipinski definition) is 1. The second kappa shape index (κ2) is 7.95. The Bertz CT molecular complexity index is 980. The molecule has 8 heteroatoms. The molecule has 1 aliphatic rings. The molecule has 28 heavy (non-hydrogen) atoms. The highest BCUT2D eigenvalue weighted by Gasteiger charge is 2.23. The predicted octanol–water partition coefficient (Wildman–Crippen LogP) is 3.24. The maximum absolute atomic E-state index is 12.5. The van der Waals surface area contributed by atoms with Gasteiger partial charge in [-0.25, -0.2) is 4.98 Å². The monoisotopic (exact) mass is 397 g/mol. The number of amides is 1. The molecule has 0 saturated carbocycles. The van der Waals surface area contributed by atoms with E-state index in [0.29, 0.717) is 23.8 Å². The molecule has 0 bridgehead atoms. The summed E-state index contributed by atoms with van der Waals surface area (Å²) in [5.74, 6) is 0.734. The summed E-state index contributed by atoms with van der Waals surface area (Å²) in [7, 11) is 1.60. The molecule has 1 N–H and O–H groups in total. The summed E-state index contributed by atoms with van der Waals surface area (Å²) in [5, 5.41) is 3.32. The van der Waals surface area contributed by atoms with Crippen LogP contribution in [0.4, 0.5) is 5.13 Å². The zero-order valence-corrected chi connectivity index (χ0v) is 16.1. The van der Waals surface area contributed by atoms with Crippen LogP contribution in [0.2, 0.25) is 0 Å². The van der Waals surface area contributed by atoms with E-state index in [2.05, 4.69) is 15.2 Å². The standard InChI is InChI=1S/C20H19N3O4S/c1-26-14-6-4-13(5-7-14)16(24)11-23-9-8-15-18(12-23)28-20(21-15)22-19(25)17-3-2-10-27-17/h2-7,10H,8-9,11-12H2,1H3,(H,21,22,25). The Morgan fingerprint density at radius 3 is 2.82 bits per heavy atom. The van der Waals surface area contributed by atoms with Crippen molar-refractivity contribution in [3.63, 3.8) is 0 Å². The number of carbonyl (C=O) groups is 2. The largest absolute Gasteiger partial charge is 0.497 e. The van der Waals surface area contributed by atoms with Gasteiger partial charge in [0.05, 0.1) is 25.6 Å². The van der Waals surface area contributed by atoms with Gasteiger partial charge in [0.25, 0.3) is 5.91 Å². The highest BCUT2D eigenvalue weighted by atomic mass is 32.1. The molecule has 0 atom stereocenters. The Balaban J connectivity index is 1.38. The number of fused-ring (bicyclic) bond motifs is 1. The van der Waals surface area contributed by atoms with Crippen LogP contribution < -0.4 is 10.1 Å². The minimum atomic E-state index is -0.317. The lowest BCUT2D eigenvalue weighted by Crippen LogP contribution is -2.34. The van der Waals surface area contributed by atoms with Crippen LogP contribution in [0.15, 0.2) is 47.1 Å². The Labute approximate surface area is 165 Å². The predicted molar refractivity (Wildman–Crippen MR) is 105 cm³/mol. The third-order valence-corrected chi connectivity index (χ3v) is 5.55. The highest BCUT2D eigenvalue weighted by Crippen LogP contribution is 2.28. The fourth-order valence-corrected chi connectivity index (χ4v) is 4.12. The fourth-order valence-electron chi connectivity index (χ4n) is 3.07. The quantitative estimate of drug-likeness (QED) is 0.643. The van der Waals surface area contributed by atoms with Gasteiger partial charge in [0, 0.05) is 30.0 Å². The van der Waals surface area contributed by atoms with Gasteiger partial charge >= 0.3 is 0 Å². The molecule has 0 fully saturated rings. The van der Waals surface area contributed by atoms with Gasteiger partial charge in [0.15, 0.2) is 16.7 Å². The number of aromatic nitrogens is 1. The van der Waals surface area contributed by atoms with Gasteiger partial charge in [0.2, 0.25) is 0 Å². The number of furan rings is 1. The molecule has 0 saturated heterocycles. The molecule has 0 radical (unpaired) electrons. The zero-order chi connectivity index (χ0) is 19.5. The summed E-state index contributed by atoms with van der Waals surface area (Å²) >= 11 is 1.44. The van der Waals surface area contributed by atoms with Gasteiger partial charge in [-0.15, -0.1) is 11.3 Å². The third-order valence-electron chi connectivity index (χ3n) is 4.55. The van der Waals surface area contributed by atoms with Gasteiger partial charge < -0.3 is 9.15 Å². The van der Waals surface area contributed by atoms with Crippen molar-refractivity contribution in [2.24, 2.45) is 0 Å². The Morgan fingerprint density at radius 1 is 1.29 bits per heavy atom. The van der Waals surface area contributed by atoms with Crippen molar-refractivity contribution >= 4 is 28.2 Å². The molecule has 0 aliphatic carbocycles. The number of benzene rings is 1. The van der Waals surface area contributed by atoms with E-state index in [4.69, 9.17) is 9.15 Å². The Kier molecular flexibility index (Phi) is 5.23. The highest BCUT2D eigenvalue weighted by molar-refractivity contribution is 7.15. The molecule has 1 amide bonds. The van der Waals surface area contributed by atoms with Gasteiger partial charge in [-0.05, 0) is 36.4 Å². The number of ether oxygens (including phenoxy) is 1. The first-order valence-electron chi connectivity index (χ1n) is 8.85. The zero-order valence-electron chi connectivity index (χ0n) is 15.3. The number of methoxy groups -OCH3 is 1. The van der Waals surface area contributed by atoms with E-state index >= 15 is 0 Å². The summed E-state index contributed by atoms with van der Waals surface area (Å²) in [6, 6.07) is 10.4. The summed E-state index contributed by atoms with van der Waals surface area (Å²) in [4.78, 5) is 32.3. The van der Waals surface area contributed by atoms with Crippen molar-refractivity contribution < 1.29 is 18.7 Å². The molecule has 1 aliphatic heterocycles. The smallest absolute Gasteiger partial charge is 0.293 e. The van der Waals surface area contributed by atoms with Crippen LogP contribution in [0.3, 0.4) is 0 Å². The Morgan fingerprint density at radius 2 is 2.11 bits per heavy atom. The molecule has 2 aromatic heterocycles. The van der Waals surface area contributed by atoms with Gasteiger partial charge in [-0.2, -0.15) is 0 Å². The van der Waals surface area contributed by atoms with E-state index < -0.39 is 0 Å². The topological polar surface area (TPSA) is 84.7 Å². The lowest BCUT2D eigenvalue weighted by molar-refractivity contribution is 0.0921. The van der Waals surface area contributed by atoms with E-state index in [0.717, 1.165) is 29.3 Å². The lowest BCUT2D eigenvalue weighted by atomic mass is 10.1. The number of ketones is 1. The van der Waals surface area contributed by atoms with E-state index in [1.807, 2.05) is 0 Å². The number of thiazole rings is 1.